The van der Waals surface area contributed by atoms with E-state index >= 15 is 0 Å². The topological polar surface area (TPSA) is 102 Å². The average Bonchev–Trinajstić information content (AvgIpc) is 3.15. The van der Waals surface area contributed by atoms with Crippen LogP contribution >= 0.6 is 0 Å². The molecule has 0 radical (unpaired) electrons. The Morgan fingerprint density at radius 2 is 1.81 bits per heavy atom. The lowest BCUT2D eigenvalue weighted by atomic mass is 10.1. The Bertz CT molecular complexity index is 1200. The largest absolute Gasteiger partial charge is 0.495 e. The van der Waals surface area contributed by atoms with Crippen LogP contribution in [0.2, 0.25) is 0 Å². The molecule has 0 fully saturated rings. The molecule has 0 unspecified atom stereocenters. The Kier molecular flexibility index (Phi) is 6.71. The van der Waals surface area contributed by atoms with Crippen LogP contribution in [0.15, 0.2) is 65.8 Å². The number of carbonyl (C=O) groups is 1. The molecule has 0 aliphatic heterocycles. The third-order valence-electron chi connectivity index (χ3n) is 4.68. The fourth-order valence-corrected chi connectivity index (χ4v) is 4.91. The van der Waals surface area contributed by atoms with E-state index < -0.39 is 27.5 Å². The van der Waals surface area contributed by atoms with Gasteiger partial charge in [-0.3, -0.25) is 4.79 Å². The highest BCUT2D eigenvalue weighted by molar-refractivity contribution is 7.89. The van der Waals surface area contributed by atoms with Crippen LogP contribution < -0.4 is 14.8 Å². The van der Waals surface area contributed by atoms with Crippen LogP contribution in [0.1, 0.15) is 48.6 Å². The molecule has 9 heteroatoms. The van der Waals surface area contributed by atoms with E-state index in [1.165, 1.54) is 25.3 Å². The van der Waals surface area contributed by atoms with Gasteiger partial charge in [-0.1, -0.05) is 30.3 Å². The number of hydrogen-bond acceptors (Lipinski definition) is 5. The molecule has 0 spiro atoms. The van der Waals surface area contributed by atoms with Gasteiger partial charge in [-0.15, -0.1) is 0 Å². The molecule has 0 saturated heterocycles. The Morgan fingerprint density at radius 1 is 1.12 bits per heavy atom. The normalized spacial score (nSPS) is 12.9. The highest BCUT2D eigenvalue weighted by Crippen LogP contribution is 2.27. The minimum atomic E-state index is -3.92. The lowest BCUT2D eigenvalue weighted by Crippen LogP contribution is -2.40. The number of carbonyl (C=O) groups excluding carboxylic acids is 1. The first kappa shape index (κ1) is 23.5. The molecule has 0 saturated carbocycles. The van der Waals surface area contributed by atoms with E-state index in [4.69, 9.17) is 4.74 Å². The van der Waals surface area contributed by atoms with Crippen LogP contribution in [-0.4, -0.2) is 36.5 Å². The van der Waals surface area contributed by atoms with Crippen molar-refractivity contribution in [2.24, 2.45) is 7.05 Å². The maximum Gasteiger partial charge on any atom is 0.252 e. The summed E-state index contributed by atoms with van der Waals surface area (Å²) < 4.78 is 35.5. The number of imidazole rings is 1. The molecule has 1 heterocycles. The lowest BCUT2D eigenvalue weighted by molar-refractivity contribution is 0.0941. The van der Waals surface area contributed by atoms with Crippen molar-refractivity contribution < 1.29 is 17.9 Å². The van der Waals surface area contributed by atoms with Gasteiger partial charge in [0.05, 0.1) is 7.11 Å². The van der Waals surface area contributed by atoms with Gasteiger partial charge in [0.2, 0.25) is 10.0 Å². The van der Waals surface area contributed by atoms with Crippen LogP contribution in [0, 0.1) is 0 Å². The first-order valence-electron chi connectivity index (χ1n) is 10.1. The number of aromatic nitrogens is 2. The molecule has 0 aliphatic carbocycles. The predicted octanol–water partition coefficient (Wildman–Crippen LogP) is 3.02. The number of sulfonamides is 1. The monoisotopic (exact) mass is 456 g/mol. The first-order valence-corrected chi connectivity index (χ1v) is 11.6. The molecule has 32 heavy (non-hydrogen) atoms. The van der Waals surface area contributed by atoms with Crippen LogP contribution in [0.25, 0.3) is 0 Å². The Labute approximate surface area is 188 Å². The minimum absolute atomic E-state index is 0.101. The van der Waals surface area contributed by atoms with Crippen molar-refractivity contribution in [3.63, 3.8) is 0 Å². The SMILES string of the molecule is COc1ccc(C(=O)N[C@@H](c2ccccc2)c2nccn2C)cc1S(=O)(=O)NC(C)(C)C. The molecule has 1 aromatic heterocycles. The van der Waals surface area contributed by atoms with E-state index in [1.54, 1.807) is 33.2 Å². The summed E-state index contributed by atoms with van der Waals surface area (Å²) >= 11 is 0. The van der Waals surface area contributed by atoms with Gasteiger partial charge in [0.15, 0.2) is 0 Å². The molecule has 0 aliphatic rings. The van der Waals surface area contributed by atoms with Gasteiger partial charge in [0.1, 0.15) is 22.5 Å². The number of methoxy groups -OCH3 is 1. The number of ether oxygens (including phenoxy) is 1. The van der Waals surface area contributed by atoms with Crippen molar-refractivity contribution in [2.45, 2.75) is 37.2 Å². The molecular formula is C23H28N4O4S. The summed E-state index contributed by atoms with van der Waals surface area (Å²) in [6, 6.07) is 13.3. The second kappa shape index (κ2) is 9.13. The van der Waals surface area contributed by atoms with Crippen LogP contribution in [0.3, 0.4) is 0 Å². The highest BCUT2D eigenvalue weighted by Gasteiger charge is 2.27. The number of benzene rings is 2. The smallest absolute Gasteiger partial charge is 0.252 e. The summed E-state index contributed by atoms with van der Waals surface area (Å²) in [4.78, 5) is 17.5. The van der Waals surface area contributed by atoms with Gasteiger partial charge < -0.3 is 14.6 Å². The zero-order valence-corrected chi connectivity index (χ0v) is 19.6. The zero-order valence-electron chi connectivity index (χ0n) is 18.8. The number of rotatable bonds is 7. The van der Waals surface area contributed by atoms with Crippen molar-refractivity contribution in [3.05, 3.63) is 77.9 Å². The van der Waals surface area contributed by atoms with Gasteiger partial charge in [-0.25, -0.2) is 18.1 Å². The van der Waals surface area contributed by atoms with Gasteiger partial charge in [0.25, 0.3) is 5.91 Å². The van der Waals surface area contributed by atoms with Crippen molar-refractivity contribution >= 4 is 15.9 Å². The van der Waals surface area contributed by atoms with E-state index in [0.29, 0.717) is 5.82 Å². The molecular weight excluding hydrogens is 428 g/mol. The molecule has 0 bridgehead atoms. The highest BCUT2D eigenvalue weighted by atomic mass is 32.2. The number of nitrogens with zero attached hydrogens (tertiary/aromatic N) is 2. The fourth-order valence-electron chi connectivity index (χ4n) is 3.30. The van der Waals surface area contributed by atoms with Crippen molar-refractivity contribution in [3.8, 4) is 5.75 Å². The third-order valence-corrected chi connectivity index (χ3v) is 6.46. The van der Waals surface area contributed by atoms with E-state index in [9.17, 15) is 13.2 Å². The van der Waals surface area contributed by atoms with Crippen LogP contribution in [-0.2, 0) is 17.1 Å². The van der Waals surface area contributed by atoms with Crippen LogP contribution in [0.4, 0.5) is 0 Å². The standard InChI is InChI=1S/C23H28N4O4S/c1-23(2,3)26-32(29,30)19-15-17(11-12-18(19)31-5)22(28)25-20(16-9-7-6-8-10-16)21-24-13-14-27(21)4/h6-15,20,26H,1-5H3,(H,25,28)/t20-/m0/s1. The second-order valence-corrected chi connectivity index (χ2v) is 10.1. The van der Waals surface area contributed by atoms with Gasteiger partial charge in [-0.05, 0) is 44.5 Å². The van der Waals surface area contributed by atoms with E-state index in [1.807, 2.05) is 41.9 Å². The van der Waals surface area contributed by atoms with E-state index in [0.717, 1.165) is 5.56 Å². The Morgan fingerprint density at radius 3 is 2.38 bits per heavy atom. The summed E-state index contributed by atoms with van der Waals surface area (Å²) in [6.45, 7) is 5.22. The van der Waals surface area contributed by atoms with Gasteiger partial charge >= 0.3 is 0 Å². The van der Waals surface area contributed by atoms with Crippen LogP contribution in [0.5, 0.6) is 5.75 Å². The quantitative estimate of drug-likeness (QED) is 0.569. The lowest BCUT2D eigenvalue weighted by Gasteiger charge is -2.22. The summed E-state index contributed by atoms with van der Waals surface area (Å²) in [5.74, 6) is 0.374. The molecule has 1 atom stereocenters. The maximum atomic E-state index is 13.2. The number of amides is 1. The van der Waals surface area contributed by atoms with Crippen molar-refractivity contribution in [1.29, 1.82) is 0 Å². The Hall–Kier alpha value is -3.17. The summed E-state index contributed by atoms with van der Waals surface area (Å²) in [5.41, 5.74) is 0.347. The number of aryl methyl sites for hydroxylation is 1. The Balaban J connectivity index is 1.99. The number of hydrogen-bond donors (Lipinski definition) is 2. The predicted molar refractivity (Wildman–Crippen MR) is 122 cm³/mol. The average molecular weight is 457 g/mol. The van der Waals surface area contributed by atoms with Crippen molar-refractivity contribution in [2.75, 3.05) is 7.11 Å². The fraction of sp³-hybridized carbons (Fsp3) is 0.304. The maximum absolute atomic E-state index is 13.2. The summed E-state index contributed by atoms with van der Waals surface area (Å²) in [5, 5.41) is 2.98. The second-order valence-electron chi connectivity index (χ2n) is 8.43. The molecule has 2 aromatic carbocycles. The van der Waals surface area contributed by atoms with E-state index in [-0.39, 0.29) is 16.2 Å². The van der Waals surface area contributed by atoms with Gasteiger partial charge in [-0.2, -0.15) is 0 Å². The number of nitrogens with one attached hydrogen (secondary N) is 2. The summed E-state index contributed by atoms with van der Waals surface area (Å²) in [6.07, 6.45) is 3.46. The van der Waals surface area contributed by atoms with Crippen molar-refractivity contribution in [1.82, 2.24) is 19.6 Å². The molecule has 2 N–H and O–H groups in total. The molecule has 3 aromatic rings. The zero-order chi connectivity index (χ0) is 23.5. The third kappa shape index (κ3) is 5.35. The molecule has 170 valence electrons. The molecule has 3 rings (SSSR count). The minimum Gasteiger partial charge on any atom is -0.495 e. The van der Waals surface area contributed by atoms with E-state index in [2.05, 4.69) is 15.0 Å². The molecule has 1 amide bonds. The molecule has 8 nitrogen and oxygen atoms in total. The summed E-state index contributed by atoms with van der Waals surface area (Å²) in [7, 11) is -0.684. The first-order chi connectivity index (χ1) is 15.0. The van der Waals surface area contributed by atoms with Gasteiger partial charge in [0, 0.05) is 30.5 Å².